The van der Waals surface area contributed by atoms with E-state index in [9.17, 15) is 19.3 Å². The molecule has 2 aromatic carbocycles. The molecule has 0 saturated carbocycles. The lowest BCUT2D eigenvalue weighted by molar-refractivity contribution is -0.384. The topological polar surface area (TPSA) is 72.7 Å². The monoisotopic (exact) mass is 364 g/mol. The van der Waals surface area contributed by atoms with E-state index in [1.54, 1.807) is 18.7 Å². The molecule has 3 rings (SSSR count). The Morgan fingerprint density at radius 1 is 1.32 bits per heavy atom. The van der Waals surface area contributed by atoms with E-state index in [4.69, 9.17) is 16.3 Å². The predicted octanol–water partition coefficient (Wildman–Crippen LogP) is 4.26. The summed E-state index contributed by atoms with van der Waals surface area (Å²) in [5.74, 6) is -0.236. The summed E-state index contributed by atoms with van der Waals surface area (Å²) in [6, 6.07) is 7.24. The Kier molecular flexibility index (Phi) is 4.12. The fourth-order valence-corrected chi connectivity index (χ4v) is 3.18. The minimum atomic E-state index is -0.984. The first-order chi connectivity index (χ1) is 11.7. The maximum Gasteiger partial charge on any atom is 0.274 e. The molecule has 8 heteroatoms. The number of fused-ring (bicyclic) bond motifs is 1. The molecule has 0 aromatic heterocycles. The third-order valence-electron chi connectivity index (χ3n) is 4.06. The van der Waals surface area contributed by atoms with Gasteiger partial charge in [-0.15, -0.1) is 0 Å². The molecule has 0 bridgehead atoms. The Morgan fingerprint density at radius 3 is 2.52 bits per heavy atom. The minimum Gasteiger partial charge on any atom is -0.483 e. The number of benzene rings is 2. The molecule has 1 aliphatic heterocycles. The van der Waals surface area contributed by atoms with Crippen molar-refractivity contribution in [3.8, 4) is 5.75 Å². The van der Waals surface area contributed by atoms with Gasteiger partial charge in [-0.25, -0.2) is 4.39 Å². The number of halogens is 2. The number of nitro groups is 1. The van der Waals surface area contributed by atoms with Gasteiger partial charge in [0, 0.05) is 11.8 Å². The van der Waals surface area contributed by atoms with E-state index in [0.29, 0.717) is 17.7 Å². The van der Waals surface area contributed by atoms with Crippen LogP contribution in [0.25, 0.3) is 0 Å². The number of hydrogen-bond donors (Lipinski definition) is 0. The summed E-state index contributed by atoms with van der Waals surface area (Å²) in [4.78, 5) is 23.9. The number of aldehydes is 1. The van der Waals surface area contributed by atoms with Crippen LogP contribution >= 0.6 is 11.6 Å². The smallest absolute Gasteiger partial charge is 0.274 e. The Morgan fingerprint density at radius 2 is 1.96 bits per heavy atom. The number of non-ortho nitro benzene ring substituents is 1. The lowest BCUT2D eigenvalue weighted by atomic mass is 9.94. The molecule has 1 heterocycles. The number of hydrogen-bond acceptors (Lipinski definition) is 5. The molecule has 0 N–H and O–H groups in total. The molecule has 1 aliphatic rings. The van der Waals surface area contributed by atoms with Crippen molar-refractivity contribution in [3.63, 3.8) is 0 Å². The first kappa shape index (κ1) is 17.2. The predicted molar refractivity (Wildman–Crippen MR) is 91.2 cm³/mol. The summed E-state index contributed by atoms with van der Waals surface area (Å²) in [6.07, 6.45) is 0.712. The maximum atomic E-state index is 13.3. The van der Waals surface area contributed by atoms with Crippen molar-refractivity contribution in [2.45, 2.75) is 25.5 Å². The van der Waals surface area contributed by atoms with Gasteiger partial charge >= 0.3 is 0 Å². The van der Waals surface area contributed by atoms with E-state index in [-0.39, 0.29) is 16.5 Å². The van der Waals surface area contributed by atoms with Gasteiger partial charge in [-0.05, 0) is 38.1 Å². The number of carbonyl (C=O) groups excluding carboxylic acids is 1. The van der Waals surface area contributed by atoms with E-state index < -0.39 is 22.4 Å². The summed E-state index contributed by atoms with van der Waals surface area (Å²) >= 11 is 6.27. The highest BCUT2D eigenvalue weighted by molar-refractivity contribution is 6.34. The van der Waals surface area contributed by atoms with Gasteiger partial charge in [0.15, 0.2) is 5.75 Å². The summed E-state index contributed by atoms with van der Waals surface area (Å²) in [7, 11) is 0. The maximum absolute atomic E-state index is 13.3. The minimum absolute atomic E-state index is 0.0656. The van der Waals surface area contributed by atoms with Gasteiger partial charge in [0.25, 0.3) is 5.69 Å². The largest absolute Gasteiger partial charge is 0.483 e. The average Bonchev–Trinajstić information content (AvgIpc) is 2.53. The number of rotatable bonds is 3. The van der Waals surface area contributed by atoms with Crippen LogP contribution in [0.5, 0.6) is 5.75 Å². The van der Waals surface area contributed by atoms with Gasteiger partial charge < -0.3 is 14.4 Å². The van der Waals surface area contributed by atoms with Crippen molar-refractivity contribution in [3.05, 3.63) is 57.4 Å². The van der Waals surface area contributed by atoms with Gasteiger partial charge in [-0.2, -0.15) is 0 Å². The van der Waals surface area contributed by atoms with Crippen LogP contribution < -0.4 is 9.64 Å². The lowest BCUT2D eigenvalue weighted by Crippen LogP contribution is -2.55. The van der Waals surface area contributed by atoms with Crippen LogP contribution in [0.1, 0.15) is 13.8 Å². The Labute approximate surface area is 147 Å². The van der Waals surface area contributed by atoms with Crippen LogP contribution in [-0.4, -0.2) is 22.9 Å². The fourth-order valence-electron chi connectivity index (χ4n) is 2.89. The van der Waals surface area contributed by atoms with Crippen LogP contribution in [0.3, 0.4) is 0 Å². The first-order valence-electron chi connectivity index (χ1n) is 7.41. The van der Waals surface area contributed by atoms with Crippen molar-refractivity contribution in [1.82, 2.24) is 0 Å². The van der Waals surface area contributed by atoms with Crippen molar-refractivity contribution in [1.29, 1.82) is 0 Å². The van der Waals surface area contributed by atoms with Crippen molar-refractivity contribution in [2.24, 2.45) is 0 Å². The lowest BCUT2D eigenvalue weighted by Gasteiger charge is -2.45. The number of nitrogens with zero attached hydrogens (tertiary/aromatic N) is 2. The van der Waals surface area contributed by atoms with Crippen molar-refractivity contribution >= 4 is 34.9 Å². The number of anilines is 2. The summed E-state index contributed by atoms with van der Waals surface area (Å²) in [6.45, 7) is 3.39. The molecule has 6 nitrogen and oxygen atoms in total. The van der Waals surface area contributed by atoms with Gasteiger partial charge in [0.2, 0.25) is 0 Å². The van der Waals surface area contributed by atoms with E-state index in [1.807, 2.05) is 0 Å². The van der Waals surface area contributed by atoms with Crippen LogP contribution in [0.4, 0.5) is 21.5 Å². The van der Waals surface area contributed by atoms with Crippen LogP contribution in [-0.2, 0) is 4.79 Å². The Bertz CT molecular complexity index is 854. The number of nitro benzene ring substituents is 1. The van der Waals surface area contributed by atoms with E-state index in [1.165, 1.54) is 36.4 Å². The zero-order valence-electron chi connectivity index (χ0n) is 13.4. The van der Waals surface area contributed by atoms with Crippen LogP contribution in [0.2, 0.25) is 5.02 Å². The summed E-state index contributed by atoms with van der Waals surface area (Å²) in [5, 5.41) is 11.2. The van der Waals surface area contributed by atoms with E-state index in [2.05, 4.69) is 0 Å². The van der Waals surface area contributed by atoms with Gasteiger partial charge in [0.1, 0.15) is 29.4 Å². The Hall–Kier alpha value is -2.67. The molecule has 0 saturated heterocycles. The third-order valence-corrected chi connectivity index (χ3v) is 4.35. The van der Waals surface area contributed by atoms with Gasteiger partial charge in [0.05, 0.1) is 16.0 Å². The zero-order chi connectivity index (χ0) is 18.4. The van der Waals surface area contributed by atoms with E-state index >= 15 is 0 Å². The van der Waals surface area contributed by atoms with Crippen molar-refractivity contribution < 1.29 is 18.8 Å². The SMILES string of the molecule is CC1(C)Oc2cc([N+](=O)[O-])cc(Cl)c2N(c2ccc(F)cc2)C1C=O. The third kappa shape index (κ3) is 2.91. The number of ether oxygens (including phenoxy) is 1. The normalized spacial score (nSPS) is 18.2. The quantitative estimate of drug-likeness (QED) is 0.462. The molecule has 25 heavy (non-hydrogen) atoms. The Balaban J connectivity index is 2.26. The van der Waals surface area contributed by atoms with Crippen LogP contribution in [0.15, 0.2) is 36.4 Å². The molecule has 0 amide bonds. The average molecular weight is 365 g/mol. The highest BCUT2D eigenvalue weighted by Crippen LogP contribution is 2.49. The molecule has 0 radical (unpaired) electrons. The zero-order valence-corrected chi connectivity index (χ0v) is 14.2. The molecule has 130 valence electrons. The summed E-state index contributed by atoms with van der Waals surface area (Å²) in [5.41, 5.74) is -0.354. The van der Waals surface area contributed by atoms with Crippen LogP contribution in [0, 0.1) is 15.9 Å². The first-order valence-corrected chi connectivity index (χ1v) is 7.79. The second-order valence-corrected chi connectivity index (χ2v) is 6.57. The molecule has 1 unspecified atom stereocenters. The molecule has 1 atom stereocenters. The molecule has 2 aromatic rings. The number of carbonyl (C=O) groups is 1. The second-order valence-electron chi connectivity index (χ2n) is 6.16. The molecule has 0 aliphatic carbocycles. The fraction of sp³-hybridized carbons (Fsp3) is 0.235. The standard InChI is InChI=1S/C17H14ClFN2O4/c1-17(2)15(9-22)20(11-5-3-10(19)4-6-11)16-13(18)7-12(21(23)24)8-14(16)25-17/h3-9,15H,1-2H3. The molecule has 0 spiro atoms. The summed E-state index contributed by atoms with van der Waals surface area (Å²) < 4.78 is 19.1. The second kappa shape index (κ2) is 6.00. The highest BCUT2D eigenvalue weighted by atomic mass is 35.5. The van der Waals surface area contributed by atoms with Gasteiger partial charge in [-0.1, -0.05) is 11.6 Å². The molecular formula is C17H14ClFN2O4. The van der Waals surface area contributed by atoms with E-state index in [0.717, 1.165) is 0 Å². The highest BCUT2D eigenvalue weighted by Gasteiger charge is 2.44. The van der Waals surface area contributed by atoms with Crippen molar-refractivity contribution in [2.75, 3.05) is 4.90 Å². The molecular weight excluding hydrogens is 351 g/mol. The van der Waals surface area contributed by atoms with Gasteiger partial charge in [-0.3, -0.25) is 10.1 Å². The molecule has 0 fully saturated rings.